The average molecular weight is 404 g/mol. The Morgan fingerprint density at radius 3 is 2.72 bits per heavy atom. The number of pyridine rings is 2. The lowest BCUT2D eigenvalue weighted by molar-refractivity contribution is 1.06. The summed E-state index contributed by atoms with van der Waals surface area (Å²) < 4.78 is 0. The van der Waals surface area contributed by atoms with Crippen LogP contribution >= 0.6 is 11.6 Å². The van der Waals surface area contributed by atoms with Crippen LogP contribution in [0.2, 0.25) is 5.02 Å². The van der Waals surface area contributed by atoms with Gasteiger partial charge in [0.05, 0.1) is 5.69 Å². The fraction of sp³-hybridized carbons (Fsp3) is 0.182. The number of nitrogens with zero attached hydrogens (tertiary/aromatic N) is 3. The second-order valence-electron chi connectivity index (χ2n) is 7.29. The molecule has 7 heteroatoms. The molecule has 0 amide bonds. The van der Waals surface area contributed by atoms with Gasteiger partial charge in [0.2, 0.25) is 5.95 Å². The Morgan fingerprint density at radius 2 is 1.97 bits per heavy atom. The van der Waals surface area contributed by atoms with Crippen molar-refractivity contribution in [1.82, 2.24) is 19.9 Å². The highest BCUT2D eigenvalue weighted by atomic mass is 35.5. The van der Waals surface area contributed by atoms with E-state index in [1.807, 2.05) is 43.3 Å². The lowest BCUT2D eigenvalue weighted by Gasteiger charge is -2.09. The zero-order valence-electron chi connectivity index (χ0n) is 15.7. The number of hydrogen-bond acceptors (Lipinski definition) is 5. The Balaban J connectivity index is 1.54. The van der Waals surface area contributed by atoms with E-state index in [0.717, 1.165) is 35.2 Å². The number of anilines is 1. The molecule has 29 heavy (non-hydrogen) atoms. The summed E-state index contributed by atoms with van der Waals surface area (Å²) >= 11 is 6.54. The van der Waals surface area contributed by atoms with Crippen LogP contribution in [0.1, 0.15) is 18.5 Å². The van der Waals surface area contributed by atoms with Gasteiger partial charge in [-0.1, -0.05) is 29.8 Å². The summed E-state index contributed by atoms with van der Waals surface area (Å²) in [4.78, 5) is 28.9. The first kappa shape index (κ1) is 17.8. The van der Waals surface area contributed by atoms with Crippen LogP contribution in [0.25, 0.3) is 33.4 Å². The molecule has 0 saturated heterocycles. The highest BCUT2D eigenvalue weighted by molar-refractivity contribution is 6.33. The Morgan fingerprint density at radius 1 is 1.10 bits per heavy atom. The second-order valence-corrected chi connectivity index (χ2v) is 7.69. The number of hydrogen-bond donors (Lipinski definition) is 2. The maximum atomic E-state index is 12.7. The molecule has 0 atom stereocenters. The number of aryl methyl sites for hydroxylation is 1. The summed E-state index contributed by atoms with van der Waals surface area (Å²) in [6.45, 7) is 1.95. The van der Waals surface area contributed by atoms with E-state index in [1.165, 1.54) is 0 Å². The van der Waals surface area contributed by atoms with Gasteiger partial charge in [0, 0.05) is 45.0 Å². The minimum Gasteiger partial charge on any atom is -0.351 e. The van der Waals surface area contributed by atoms with Crippen molar-refractivity contribution in [3.63, 3.8) is 0 Å². The van der Waals surface area contributed by atoms with Crippen molar-refractivity contribution in [3.05, 3.63) is 69.7 Å². The van der Waals surface area contributed by atoms with Gasteiger partial charge in [-0.05, 0) is 44.0 Å². The SMILES string of the molecule is Cc1cccc(-c2ccc(-c3cc4cnc(NC5CC5)nc4[nH]c3=O)c(Cl)c2)n1. The third-order valence-corrected chi connectivity index (χ3v) is 5.26. The summed E-state index contributed by atoms with van der Waals surface area (Å²) in [5.41, 5.74) is 4.09. The van der Waals surface area contributed by atoms with Crippen LogP contribution in [0.5, 0.6) is 0 Å². The molecule has 1 aliphatic rings. The van der Waals surface area contributed by atoms with Gasteiger partial charge in [-0.15, -0.1) is 0 Å². The van der Waals surface area contributed by atoms with Crippen LogP contribution in [0, 0.1) is 6.92 Å². The zero-order chi connectivity index (χ0) is 20.0. The molecule has 1 aromatic carbocycles. The highest BCUT2D eigenvalue weighted by Crippen LogP contribution is 2.31. The predicted molar refractivity (Wildman–Crippen MR) is 115 cm³/mol. The molecule has 5 rings (SSSR count). The molecule has 144 valence electrons. The molecular weight excluding hydrogens is 386 g/mol. The molecule has 0 spiro atoms. The molecule has 1 aliphatic carbocycles. The van der Waals surface area contributed by atoms with Crippen molar-refractivity contribution in [2.75, 3.05) is 5.32 Å². The average Bonchev–Trinajstić information content (AvgIpc) is 3.52. The van der Waals surface area contributed by atoms with E-state index in [2.05, 4.69) is 25.3 Å². The van der Waals surface area contributed by atoms with Crippen molar-refractivity contribution in [2.45, 2.75) is 25.8 Å². The van der Waals surface area contributed by atoms with Gasteiger partial charge < -0.3 is 10.3 Å². The number of nitrogens with one attached hydrogen (secondary N) is 2. The third kappa shape index (κ3) is 3.59. The first-order chi connectivity index (χ1) is 14.1. The second kappa shape index (κ2) is 6.97. The minimum absolute atomic E-state index is 0.239. The fourth-order valence-corrected chi connectivity index (χ4v) is 3.55. The van der Waals surface area contributed by atoms with Crippen LogP contribution in [0.15, 0.2) is 53.5 Å². The van der Waals surface area contributed by atoms with Crippen LogP contribution in [0.3, 0.4) is 0 Å². The standard InChI is InChI=1S/C22H18ClN5O/c1-12-3-2-4-19(25-12)13-5-8-16(18(23)10-13)17-9-14-11-24-22(26-15-6-7-15)28-20(14)27-21(17)29/h2-5,8-11,15H,6-7H2,1H3,(H2,24,26,27,28,29). The van der Waals surface area contributed by atoms with Gasteiger partial charge in [0.25, 0.3) is 5.56 Å². The first-order valence-electron chi connectivity index (χ1n) is 9.47. The fourth-order valence-electron chi connectivity index (χ4n) is 3.27. The molecular formula is C22H18ClN5O. The van der Waals surface area contributed by atoms with Crippen molar-refractivity contribution in [3.8, 4) is 22.4 Å². The van der Waals surface area contributed by atoms with E-state index in [0.29, 0.717) is 33.8 Å². The number of aromatic nitrogens is 4. The summed E-state index contributed by atoms with van der Waals surface area (Å²) in [5, 5.41) is 4.48. The van der Waals surface area contributed by atoms with E-state index >= 15 is 0 Å². The molecule has 3 heterocycles. The van der Waals surface area contributed by atoms with Crippen molar-refractivity contribution in [1.29, 1.82) is 0 Å². The third-order valence-electron chi connectivity index (χ3n) is 4.95. The van der Waals surface area contributed by atoms with E-state index in [-0.39, 0.29) is 5.56 Å². The number of benzene rings is 1. The summed E-state index contributed by atoms with van der Waals surface area (Å²) in [6, 6.07) is 13.7. The number of halogens is 1. The van der Waals surface area contributed by atoms with Gasteiger partial charge >= 0.3 is 0 Å². The molecule has 0 unspecified atom stereocenters. The molecule has 1 saturated carbocycles. The van der Waals surface area contributed by atoms with Crippen molar-refractivity contribution < 1.29 is 0 Å². The Bertz CT molecular complexity index is 1300. The summed E-state index contributed by atoms with van der Waals surface area (Å²) in [6.07, 6.45) is 3.97. The Labute approximate surface area is 172 Å². The molecule has 0 bridgehead atoms. The van der Waals surface area contributed by atoms with Crippen LogP contribution in [0.4, 0.5) is 5.95 Å². The van der Waals surface area contributed by atoms with Gasteiger partial charge in [0.15, 0.2) is 0 Å². The lowest BCUT2D eigenvalue weighted by atomic mass is 10.0. The lowest BCUT2D eigenvalue weighted by Crippen LogP contribution is -2.11. The van der Waals surface area contributed by atoms with Crippen LogP contribution in [-0.2, 0) is 0 Å². The van der Waals surface area contributed by atoms with E-state index in [1.54, 1.807) is 12.3 Å². The van der Waals surface area contributed by atoms with E-state index in [9.17, 15) is 4.79 Å². The molecule has 0 aliphatic heterocycles. The number of H-pyrrole nitrogens is 1. The zero-order valence-corrected chi connectivity index (χ0v) is 16.5. The molecule has 2 N–H and O–H groups in total. The van der Waals surface area contributed by atoms with Gasteiger partial charge in [0.1, 0.15) is 5.65 Å². The van der Waals surface area contributed by atoms with Crippen LogP contribution < -0.4 is 10.9 Å². The largest absolute Gasteiger partial charge is 0.351 e. The highest BCUT2D eigenvalue weighted by Gasteiger charge is 2.22. The van der Waals surface area contributed by atoms with Gasteiger partial charge in [-0.2, -0.15) is 4.98 Å². The number of fused-ring (bicyclic) bond motifs is 1. The molecule has 4 aromatic rings. The van der Waals surface area contributed by atoms with Gasteiger partial charge in [-0.3, -0.25) is 9.78 Å². The Kier molecular flexibility index (Phi) is 4.28. The Hall–Kier alpha value is -3.25. The topological polar surface area (TPSA) is 83.6 Å². The van der Waals surface area contributed by atoms with E-state index in [4.69, 9.17) is 11.6 Å². The summed E-state index contributed by atoms with van der Waals surface area (Å²) in [7, 11) is 0. The minimum atomic E-state index is -0.239. The van der Waals surface area contributed by atoms with Crippen molar-refractivity contribution in [2.24, 2.45) is 0 Å². The molecule has 0 radical (unpaired) electrons. The van der Waals surface area contributed by atoms with Crippen molar-refractivity contribution >= 4 is 28.6 Å². The van der Waals surface area contributed by atoms with E-state index < -0.39 is 0 Å². The maximum absolute atomic E-state index is 12.7. The number of aromatic amines is 1. The van der Waals surface area contributed by atoms with Crippen LogP contribution in [-0.4, -0.2) is 26.0 Å². The predicted octanol–water partition coefficient (Wildman–Crippen LogP) is 4.58. The molecule has 1 fully saturated rings. The molecule has 6 nitrogen and oxygen atoms in total. The monoisotopic (exact) mass is 403 g/mol. The first-order valence-corrected chi connectivity index (χ1v) is 9.85. The van der Waals surface area contributed by atoms with Gasteiger partial charge in [-0.25, -0.2) is 4.98 Å². The normalized spacial score (nSPS) is 13.6. The number of rotatable bonds is 4. The molecule has 3 aromatic heterocycles. The maximum Gasteiger partial charge on any atom is 0.257 e. The quantitative estimate of drug-likeness (QED) is 0.521. The summed E-state index contributed by atoms with van der Waals surface area (Å²) in [5.74, 6) is 0.538. The smallest absolute Gasteiger partial charge is 0.257 e.